The van der Waals surface area contributed by atoms with E-state index in [1.807, 2.05) is 0 Å². The molecule has 1 heterocycles. The molecule has 1 aromatic rings. The zero-order valence-electron chi connectivity index (χ0n) is 9.79. The lowest BCUT2D eigenvalue weighted by atomic mass is 10.00. The first-order valence-corrected chi connectivity index (χ1v) is 6.47. The van der Waals surface area contributed by atoms with E-state index < -0.39 is 43.8 Å². The number of rotatable bonds is 0. The lowest BCUT2D eigenvalue weighted by Gasteiger charge is -2.31. The van der Waals surface area contributed by atoms with Crippen LogP contribution in [0.25, 0.3) is 0 Å². The SMILES string of the molecule is Cc1c(F)ccc2c1S(=O)(=O)N(C)C2(O)C(F)(F)F. The van der Waals surface area contributed by atoms with Crippen molar-refractivity contribution in [3.05, 3.63) is 29.1 Å². The minimum absolute atomic E-state index is 0.197. The molecule has 0 saturated carbocycles. The van der Waals surface area contributed by atoms with Crippen LogP contribution in [0.3, 0.4) is 0 Å². The Morgan fingerprint density at radius 3 is 2.32 bits per heavy atom. The third kappa shape index (κ3) is 1.55. The standard InChI is InChI=1S/C10H9F4NO3S/c1-5-7(11)4-3-6-8(5)19(17,18)15(2)9(6,16)10(12,13)14/h3-4,16H,1-2H3. The molecule has 1 aliphatic heterocycles. The van der Waals surface area contributed by atoms with Crippen molar-refractivity contribution in [3.63, 3.8) is 0 Å². The summed E-state index contributed by atoms with van der Waals surface area (Å²) in [6.45, 7) is 1.04. The zero-order chi connectivity index (χ0) is 14.8. The van der Waals surface area contributed by atoms with Gasteiger partial charge in [0, 0.05) is 18.2 Å². The quantitative estimate of drug-likeness (QED) is 0.738. The molecule has 0 amide bonds. The summed E-state index contributed by atoms with van der Waals surface area (Å²) < 4.78 is 76.0. The van der Waals surface area contributed by atoms with Gasteiger partial charge in [-0.25, -0.2) is 12.8 Å². The van der Waals surface area contributed by atoms with Gasteiger partial charge < -0.3 is 5.11 Å². The van der Waals surface area contributed by atoms with Crippen molar-refractivity contribution in [1.82, 2.24) is 4.31 Å². The summed E-state index contributed by atoms with van der Waals surface area (Å²) in [4.78, 5) is -0.838. The molecule has 0 aliphatic carbocycles. The molecule has 1 atom stereocenters. The maximum Gasteiger partial charge on any atom is 0.436 e. The highest BCUT2D eigenvalue weighted by molar-refractivity contribution is 7.89. The van der Waals surface area contributed by atoms with E-state index in [1.165, 1.54) is 0 Å². The summed E-state index contributed by atoms with van der Waals surface area (Å²) in [6.07, 6.45) is -5.25. The Hall–Kier alpha value is -1.19. The van der Waals surface area contributed by atoms with Gasteiger partial charge in [0.2, 0.25) is 10.0 Å². The summed E-state index contributed by atoms with van der Waals surface area (Å²) in [7, 11) is -4.01. The lowest BCUT2D eigenvalue weighted by molar-refractivity contribution is -0.301. The number of hydrogen-bond donors (Lipinski definition) is 1. The molecule has 1 aliphatic rings. The molecule has 0 saturated heterocycles. The molecule has 0 fully saturated rings. The summed E-state index contributed by atoms with van der Waals surface area (Å²) in [5.41, 5.74) is -5.02. The van der Waals surface area contributed by atoms with Crippen molar-refractivity contribution in [2.24, 2.45) is 0 Å². The Balaban J connectivity index is 2.94. The number of hydrogen-bond acceptors (Lipinski definition) is 3. The lowest BCUT2D eigenvalue weighted by Crippen LogP contribution is -2.52. The van der Waals surface area contributed by atoms with Gasteiger partial charge in [0.25, 0.3) is 5.72 Å². The Bertz CT molecular complexity index is 655. The Labute approximate surface area is 106 Å². The van der Waals surface area contributed by atoms with Gasteiger partial charge in [0.1, 0.15) is 5.82 Å². The number of benzene rings is 1. The van der Waals surface area contributed by atoms with E-state index in [1.54, 1.807) is 0 Å². The topological polar surface area (TPSA) is 57.6 Å². The van der Waals surface area contributed by atoms with Crippen molar-refractivity contribution >= 4 is 10.0 Å². The van der Waals surface area contributed by atoms with Crippen LogP contribution in [-0.4, -0.2) is 31.1 Å². The van der Waals surface area contributed by atoms with Crippen molar-refractivity contribution in [2.45, 2.75) is 23.7 Å². The van der Waals surface area contributed by atoms with Gasteiger partial charge in [-0.3, -0.25) is 0 Å². The molecule has 1 unspecified atom stereocenters. The van der Waals surface area contributed by atoms with Gasteiger partial charge in [-0.15, -0.1) is 0 Å². The molecule has 19 heavy (non-hydrogen) atoms. The van der Waals surface area contributed by atoms with Crippen molar-refractivity contribution in [1.29, 1.82) is 0 Å². The fourth-order valence-corrected chi connectivity index (χ4v) is 3.88. The maximum absolute atomic E-state index is 13.3. The number of fused-ring (bicyclic) bond motifs is 1. The molecule has 0 bridgehead atoms. The van der Waals surface area contributed by atoms with Crippen molar-refractivity contribution in [3.8, 4) is 0 Å². The molecule has 1 N–H and O–H groups in total. The average molecular weight is 299 g/mol. The second kappa shape index (κ2) is 3.68. The second-order valence-corrected chi connectivity index (χ2v) is 6.10. The van der Waals surface area contributed by atoms with Crippen LogP contribution in [0.2, 0.25) is 0 Å². The smallest absolute Gasteiger partial charge is 0.363 e. The van der Waals surface area contributed by atoms with Crippen LogP contribution in [0.5, 0.6) is 0 Å². The molecule has 2 rings (SSSR count). The van der Waals surface area contributed by atoms with Gasteiger partial charge in [-0.05, 0) is 13.0 Å². The fraction of sp³-hybridized carbons (Fsp3) is 0.400. The maximum atomic E-state index is 13.3. The highest BCUT2D eigenvalue weighted by atomic mass is 32.2. The number of alkyl halides is 3. The van der Waals surface area contributed by atoms with Gasteiger partial charge in [0.15, 0.2) is 0 Å². The Kier molecular flexibility index (Phi) is 2.75. The second-order valence-electron chi connectivity index (χ2n) is 4.19. The molecule has 0 radical (unpaired) electrons. The van der Waals surface area contributed by atoms with Crippen LogP contribution >= 0.6 is 0 Å². The number of halogens is 4. The number of aliphatic hydroxyl groups is 1. The molecule has 0 spiro atoms. The molecule has 0 aromatic heterocycles. The summed E-state index contributed by atoms with van der Waals surface area (Å²) >= 11 is 0. The summed E-state index contributed by atoms with van der Waals surface area (Å²) in [5, 5.41) is 9.80. The molecule has 106 valence electrons. The van der Waals surface area contributed by atoms with Crippen LogP contribution in [0, 0.1) is 12.7 Å². The van der Waals surface area contributed by atoms with E-state index in [0.717, 1.165) is 6.92 Å². The van der Waals surface area contributed by atoms with E-state index in [9.17, 15) is 31.1 Å². The molecular weight excluding hydrogens is 290 g/mol. The Morgan fingerprint density at radius 2 is 1.84 bits per heavy atom. The van der Waals surface area contributed by atoms with Crippen LogP contribution in [0.4, 0.5) is 17.6 Å². The number of nitrogens with zero attached hydrogens (tertiary/aromatic N) is 1. The molecular formula is C10H9F4NO3S. The van der Waals surface area contributed by atoms with Gasteiger partial charge >= 0.3 is 6.18 Å². The van der Waals surface area contributed by atoms with Crippen LogP contribution in [0.1, 0.15) is 11.1 Å². The normalized spacial score (nSPS) is 26.5. The highest BCUT2D eigenvalue weighted by Gasteiger charge is 2.67. The minimum Gasteiger partial charge on any atom is -0.363 e. The summed E-state index contributed by atoms with van der Waals surface area (Å²) in [6, 6.07) is 1.33. The first kappa shape index (κ1) is 14.2. The summed E-state index contributed by atoms with van der Waals surface area (Å²) in [5.74, 6) is -0.956. The van der Waals surface area contributed by atoms with Crippen molar-refractivity contribution in [2.75, 3.05) is 7.05 Å². The predicted molar refractivity (Wildman–Crippen MR) is 56.0 cm³/mol. The third-order valence-corrected chi connectivity index (χ3v) is 5.21. The van der Waals surface area contributed by atoms with Gasteiger partial charge in [-0.2, -0.15) is 17.5 Å². The van der Waals surface area contributed by atoms with E-state index in [4.69, 9.17) is 0 Å². The van der Waals surface area contributed by atoms with E-state index >= 15 is 0 Å². The largest absolute Gasteiger partial charge is 0.436 e. The monoisotopic (exact) mass is 299 g/mol. The molecule has 1 aromatic carbocycles. The van der Waals surface area contributed by atoms with Gasteiger partial charge in [0.05, 0.1) is 4.90 Å². The first-order valence-electron chi connectivity index (χ1n) is 5.03. The van der Waals surface area contributed by atoms with Crippen LogP contribution in [0.15, 0.2) is 17.0 Å². The molecule has 4 nitrogen and oxygen atoms in total. The Morgan fingerprint density at radius 1 is 1.32 bits per heavy atom. The van der Waals surface area contributed by atoms with Crippen LogP contribution in [-0.2, 0) is 15.7 Å². The van der Waals surface area contributed by atoms with Gasteiger partial charge in [-0.1, -0.05) is 6.07 Å². The van der Waals surface area contributed by atoms with Crippen molar-refractivity contribution < 1.29 is 31.1 Å². The third-order valence-electron chi connectivity index (χ3n) is 3.18. The van der Waals surface area contributed by atoms with E-state index in [-0.39, 0.29) is 4.31 Å². The fourth-order valence-electron chi connectivity index (χ4n) is 2.09. The van der Waals surface area contributed by atoms with E-state index in [0.29, 0.717) is 19.2 Å². The highest BCUT2D eigenvalue weighted by Crippen LogP contribution is 2.51. The zero-order valence-corrected chi connectivity index (χ0v) is 10.6. The predicted octanol–water partition coefficient (Wildman–Crippen LogP) is 1.48. The van der Waals surface area contributed by atoms with E-state index in [2.05, 4.69) is 0 Å². The average Bonchev–Trinajstić information content (AvgIpc) is 2.43. The molecule has 9 heteroatoms. The van der Waals surface area contributed by atoms with Crippen LogP contribution < -0.4 is 0 Å². The first-order chi connectivity index (χ1) is 8.45. The number of sulfonamides is 1. The minimum atomic E-state index is -5.25.